The molecular weight excluding hydrogens is 598 g/mol. The standard InChI is InChI=1S/C30H27F4N7O4/c31-29(32)23-16-22(14-15-24(23)44-30(33,34)45-29)35-28(43)36-25(19-8-6-18(7-9-19)17-4-2-1-3-5-17)20-10-12-21(13-11-20)26(42)37-27-38-40-41-39-27/h6-17,25H,1-5H2,(H2,35,36,43)(H2,37,38,39,40,41,42). The fraction of sp³-hybridized carbons (Fsp3) is 0.300. The highest BCUT2D eigenvalue weighted by Crippen LogP contribution is 2.47. The van der Waals surface area contributed by atoms with E-state index in [0.717, 1.165) is 36.6 Å². The number of rotatable bonds is 7. The number of aromatic amines is 1. The highest BCUT2D eigenvalue weighted by Gasteiger charge is 2.54. The lowest BCUT2D eigenvalue weighted by Crippen LogP contribution is -2.41. The van der Waals surface area contributed by atoms with Crippen molar-refractivity contribution in [3.05, 3.63) is 94.5 Å². The van der Waals surface area contributed by atoms with E-state index in [-0.39, 0.29) is 11.6 Å². The lowest BCUT2D eigenvalue weighted by atomic mass is 9.83. The molecule has 1 aliphatic heterocycles. The van der Waals surface area contributed by atoms with Crippen LogP contribution in [0.4, 0.5) is 34.0 Å². The van der Waals surface area contributed by atoms with Gasteiger partial charge in [-0.15, -0.1) is 13.9 Å². The Balaban J connectivity index is 1.23. The molecule has 11 nitrogen and oxygen atoms in total. The molecule has 0 bridgehead atoms. The molecule has 1 aliphatic carbocycles. The van der Waals surface area contributed by atoms with Gasteiger partial charge < -0.3 is 15.4 Å². The van der Waals surface area contributed by atoms with Crippen LogP contribution in [-0.4, -0.2) is 38.9 Å². The largest absolute Gasteiger partial charge is 0.540 e. The fourth-order valence-electron chi connectivity index (χ4n) is 5.55. The number of halogens is 4. The summed E-state index contributed by atoms with van der Waals surface area (Å²) in [5.41, 5.74) is 1.78. The van der Waals surface area contributed by atoms with Gasteiger partial charge in [0.1, 0.15) is 5.75 Å². The van der Waals surface area contributed by atoms with Crippen LogP contribution < -0.4 is 20.7 Å². The summed E-state index contributed by atoms with van der Waals surface area (Å²) in [5.74, 6) is -0.779. The molecule has 2 heterocycles. The second-order valence-electron chi connectivity index (χ2n) is 10.7. The molecule has 1 aromatic heterocycles. The minimum Gasteiger partial charge on any atom is -0.409 e. The zero-order chi connectivity index (χ0) is 31.6. The summed E-state index contributed by atoms with van der Waals surface area (Å²) < 4.78 is 63.0. The van der Waals surface area contributed by atoms with Crippen molar-refractivity contribution in [1.82, 2.24) is 25.9 Å². The van der Waals surface area contributed by atoms with E-state index in [4.69, 9.17) is 0 Å². The number of hydrogen-bond donors (Lipinski definition) is 4. The Kier molecular flexibility index (Phi) is 8.10. The van der Waals surface area contributed by atoms with Crippen molar-refractivity contribution in [3.8, 4) is 5.75 Å². The summed E-state index contributed by atoms with van der Waals surface area (Å²) in [6.45, 7) is 0. The highest BCUT2D eigenvalue weighted by molar-refractivity contribution is 6.03. The maximum Gasteiger partial charge on any atom is 0.540 e. The average Bonchev–Trinajstić information content (AvgIpc) is 3.53. The molecule has 6 rings (SSSR count). The Bertz CT molecular complexity index is 1660. The van der Waals surface area contributed by atoms with Gasteiger partial charge in [-0.2, -0.15) is 14.0 Å². The molecule has 0 radical (unpaired) electrons. The normalized spacial score (nSPS) is 17.8. The second-order valence-corrected chi connectivity index (χ2v) is 10.7. The third-order valence-corrected chi connectivity index (χ3v) is 7.73. The monoisotopic (exact) mass is 625 g/mol. The number of nitrogens with zero attached hydrogens (tertiary/aromatic N) is 3. The first-order chi connectivity index (χ1) is 21.6. The molecule has 1 unspecified atom stereocenters. The number of carbonyl (C=O) groups excluding carboxylic acids is 2. The summed E-state index contributed by atoms with van der Waals surface area (Å²) in [7, 11) is 0. The number of aromatic nitrogens is 4. The molecule has 1 atom stereocenters. The van der Waals surface area contributed by atoms with E-state index in [1.54, 1.807) is 24.3 Å². The predicted molar refractivity (Wildman–Crippen MR) is 152 cm³/mol. The summed E-state index contributed by atoms with van der Waals surface area (Å²) in [6, 6.07) is 15.7. The maximum atomic E-state index is 14.3. The molecule has 1 saturated carbocycles. The predicted octanol–water partition coefficient (Wildman–Crippen LogP) is 6.42. The zero-order valence-corrected chi connectivity index (χ0v) is 23.5. The molecule has 3 aromatic carbocycles. The molecule has 0 spiro atoms. The Labute approximate surface area is 253 Å². The quantitative estimate of drug-likeness (QED) is 0.174. The van der Waals surface area contributed by atoms with E-state index < -0.39 is 41.7 Å². The number of H-pyrrole nitrogens is 1. The number of amides is 3. The van der Waals surface area contributed by atoms with Gasteiger partial charge in [-0.05, 0) is 71.0 Å². The van der Waals surface area contributed by atoms with E-state index in [1.807, 2.05) is 24.3 Å². The number of nitrogens with one attached hydrogen (secondary N) is 4. The van der Waals surface area contributed by atoms with Crippen molar-refractivity contribution in [2.75, 3.05) is 10.6 Å². The number of tetrazole rings is 1. The maximum absolute atomic E-state index is 14.3. The molecule has 234 valence electrons. The Morgan fingerprint density at radius 2 is 1.58 bits per heavy atom. The number of benzene rings is 3. The van der Waals surface area contributed by atoms with Gasteiger partial charge in [0.05, 0.1) is 11.6 Å². The molecular formula is C30H27F4N7O4. The van der Waals surface area contributed by atoms with Crippen LogP contribution in [0.2, 0.25) is 0 Å². The average molecular weight is 626 g/mol. The highest BCUT2D eigenvalue weighted by atomic mass is 19.3. The topological polar surface area (TPSA) is 143 Å². The first kappa shape index (κ1) is 30.0. The van der Waals surface area contributed by atoms with Gasteiger partial charge in [-0.1, -0.05) is 60.8 Å². The number of fused-ring (bicyclic) bond motifs is 1. The van der Waals surface area contributed by atoms with Crippen molar-refractivity contribution in [1.29, 1.82) is 0 Å². The summed E-state index contributed by atoms with van der Waals surface area (Å²) in [4.78, 5) is 25.8. The van der Waals surface area contributed by atoms with Gasteiger partial charge >= 0.3 is 18.4 Å². The first-order valence-electron chi connectivity index (χ1n) is 14.2. The van der Waals surface area contributed by atoms with Crippen molar-refractivity contribution in [3.63, 3.8) is 0 Å². The molecule has 1 fully saturated rings. The van der Waals surface area contributed by atoms with Gasteiger partial charge in [-0.3, -0.25) is 10.1 Å². The molecule has 4 aromatic rings. The Morgan fingerprint density at radius 1 is 0.889 bits per heavy atom. The summed E-state index contributed by atoms with van der Waals surface area (Å²) in [5, 5.41) is 20.8. The number of anilines is 2. The second kappa shape index (κ2) is 12.1. The number of ether oxygens (including phenoxy) is 2. The summed E-state index contributed by atoms with van der Waals surface area (Å²) in [6.07, 6.45) is -3.04. The van der Waals surface area contributed by atoms with E-state index in [2.05, 4.69) is 46.0 Å². The van der Waals surface area contributed by atoms with Gasteiger partial charge in [0.2, 0.25) is 0 Å². The zero-order valence-electron chi connectivity index (χ0n) is 23.5. The van der Waals surface area contributed by atoms with Crippen molar-refractivity contribution >= 4 is 23.6 Å². The number of hydrogen-bond acceptors (Lipinski definition) is 7. The third-order valence-electron chi connectivity index (χ3n) is 7.73. The Morgan fingerprint density at radius 3 is 2.24 bits per heavy atom. The van der Waals surface area contributed by atoms with Crippen molar-refractivity contribution in [2.24, 2.45) is 0 Å². The van der Waals surface area contributed by atoms with Gasteiger partial charge in [0, 0.05) is 11.3 Å². The van der Waals surface area contributed by atoms with Crippen LogP contribution >= 0.6 is 0 Å². The molecule has 0 saturated heterocycles. The van der Waals surface area contributed by atoms with Crippen LogP contribution in [0.15, 0.2) is 66.7 Å². The third kappa shape index (κ3) is 6.87. The minimum atomic E-state index is -4.51. The van der Waals surface area contributed by atoms with Gasteiger partial charge in [-0.25, -0.2) is 9.53 Å². The van der Waals surface area contributed by atoms with E-state index in [1.165, 1.54) is 24.8 Å². The molecule has 45 heavy (non-hydrogen) atoms. The van der Waals surface area contributed by atoms with Crippen LogP contribution in [0, 0.1) is 0 Å². The lowest BCUT2D eigenvalue weighted by molar-refractivity contribution is -0.461. The number of urea groups is 1. The smallest absolute Gasteiger partial charge is 0.409 e. The van der Waals surface area contributed by atoms with Crippen LogP contribution in [0.3, 0.4) is 0 Å². The van der Waals surface area contributed by atoms with Crippen LogP contribution in [0.25, 0.3) is 0 Å². The first-order valence-corrected chi connectivity index (χ1v) is 14.2. The van der Waals surface area contributed by atoms with Crippen molar-refractivity contribution in [2.45, 2.75) is 56.5 Å². The van der Waals surface area contributed by atoms with Gasteiger partial charge in [0.15, 0.2) is 0 Å². The molecule has 3 amide bonds. The van der Waals surface area contributed by atoms with E-state index in [0.29, 0.717) is 17.0 Å². The van der Waals surface area contributed by atoms with E-state index in [9.17, 15) is 27.2 Å². The lowest BCUT2D eigenvalue weighted by Gasteiger charge is -2.30. The van der Waals surface area contributed by atoms with Crippen LogP contribution in [-0.2, 0) is 10.8 Å². The summed E-state index contributed by atoms with van der Waals surface area (Å²) >= 11 is 0. The van der Waals surface area contributed by atoms with Crippen molar-refractivity contribution < 1.29 is 36.6 Å². The molecule has 2 aliphatic rings. The fourth-order valence-corrected chi connectivity index (χ4v) is 5.55. The minimum absolute atomic E-state index is 0.00474. The van der Waals surface area contributed by atoms with Crippen LogP contribution in [0.1, 0.15) is 76.7 Å². The SMILES string of the molecule is O=C(Nc1ccc2c(c1)C(F)(F)OC(F)(F)O2)NC(c1ccc(C(=O)Nc2nn[nH]n2)cc1)c1ccc(C2CCCCC2)cc1. The number of alkyl halides is 4. The Hall–Kier alpha value is -5.05. The number of carbonyl (C=O) groups is 2. The molecule has 4 N–H and O–H groups in total. The van der Waals surface area contributed by atoms with Crippen LogP contribution in [0.5, 0.6) is 5.75 Å². The van der Waals surface area contributed by atoms with Gasteiger partial charge in [0.25, 0.3) is 11.9 Å². The molecule has 15 heteroatoms. The van der Waals surface area contributed by atoms with E-state index >= 15 is 0 Å².